The molecule has 0 unspecified atom stereocenters. The van der Waals surface area contributed by atoms with Gasteiger partial charge in [0, 0.05) is 37.9 Å². The average Bonchev–Trinajstić information content (AvgIpc) is 3.27. The topological polar surface area (TPSA) is 136 Å². The summed E-state index contributed by atoms with van der Waals surface area (Å²) >= 11 is 0. The van der Waals surface area contributed by atoms with Gasteiger partial charge in [-0.15, -0.1) is 0 Å². The SMILES string of the molecule is CC(C)C[C@@H]1NC(=O)C2(C/C=C/C[C@@H]3COCC[C@@H]3NC1=O)CCN(C(=O)c1c[nH]c(=O)[nH]1)CC2. The van der Waals surface area contributed by atoms with Crippen molar-refractivity contribution in [2.24, 2.45) is 17.3 Å². The van der Waals surface area contributed by atoms with Crippen LogP contribution < -0.4 is 16.3 Å². The third-order valence-electron chi connectivity index (χ3n) is 7.56. The lowest BCUT2D eigenvalue weighted by atomic mass is 9.74. The van der Waals surface area contributed by atoms with E-state index in [1.54, 1.807) is 4.90 Å². The van der Waals surface area contributed by atoms with E-state index >= 15 is 0 Å². The molecule has 0 aliphatic carbocycles. The van der Waals surface area contributed by atoms with Gasteiger partial charge in [-0.05, 0) is 44.4 Å². The lowest BCUT2D eigenvalue weighted by Crippen LogP contribution is -2.57. The predicted octanol–water partition coefficient (Wildman–Crippen LogP) is 1.33. The molecule has 2 fully saturated rings. The minimum Gasteiger partial charge on any atom is -0.381 e. The van der Waals surface area contributed by atoms with E-state index in [9.17, 15) is 19.2 Å². The highest BCUT2D eigenvalue weighted by molar-refractivity contribution is 5.93. The van der Waals surface area contributed by atoms with E-state index in [0.29, 0.717) is 52.0 Å². The Hall–Kier alpha value is -2.88. The Balaban J connectivity index is 1.53. The number of H-pyrrole nitrogens is 2. The number of rotatable bonds is 3. The van der Waals surface area contributed by atoms with E-state index in [4.69, 9.17) is 4.74 Å². The van der Waals surface area contributed by atoms with Gasteiger partial charge in [-0.1, -0.05) is 26.0 Å². The molecule has 3 aliphatic heterocycles. The number of aromatic amines is 2. The van der Waals surface area contributed by atoms with Crippen LogP contribution in [-0.4, -0.2) is 71.0 Å². The molecule has 1 spiro atoms. The van der Waals surface area contributed by atoms with Crippen LogP contribution in [0.4, 0.5) is 0 Å². The number of carbonyl (C=O) groups excluding carboxylic acids is 3. The first-order valence-corrected chi connectivity index (χ1v) is 12.7. The van der Waals surface area contributed by atoms with Crippen molar-refractivity contribution in [1.29, 1.82) is 0 Å². The summed E-state index contributed by atoms with van der Waals surface area (Å²) in [7, 11) is 0. The lowest BCUT2D eigenvalue weighted by molar-refractivity contribution is -0.138. The number of piperidine rings is 1. The quantitative estimate of drug-likeness (QED) is 0.477. The number of imidazole rings is 1. The minimum absolute atomic E-state index is 0.0370. The zero-order valence-corrected chi connectivity index (χ0v) is 20.6. The van der Waals surface area contributed by atoms with Crippen molar-refractivity contribution in [3.63, 3.8) is 0 Å². The lowest BCUT2D eigenvalue weighted by Gasteiger charge is -2.41. The van der Waals surface area contributed by atoms with Crippen molar-refractivity contribution < 1.29 is 19.1 Å². The fraction of sp³-hybridized carbons (Fsp3) is 0.680. The van der Waals surface area contributed by atoms with Crippen LogP contribution in [-0.2, 0) is 14.3 Å². The van der Waals surface area contributed by atoms with E-state index in [1.807, 2.05) is 13.8 Å². The highest BCUT2D eigenvalue weighted by Gasteiger charge is 2.43. The Kier molecular flexibility index (Phi) is 7.78. The maximum Gasteiger partial charge on any atom is 0.323 e. The van der Waals surface area contributed by atoms with Gasteiger partial charge in [-0.25, -0.2) is 4.79 Å². The zero-order valence-electron chi connectivity index (χ0n) is 20.6. The van der Waals surface area contributed by atoms with E-state index < -0.39 is 17.1 Å². The van der Waals surface area contributed by atoms with Crippen LogP contribution in [0.1, 0.15) is 62.9 Å². The number of ether oxygens (including phenoxy) is 1. The third kappa shape index (κ3) is 5.86. The number of amides is 3. The minimum atomic E-state index is -0.698. The van der Waals surface area contributed by atoms with Crippen LogP contribution in [0.25, 0.3) is 0 Å². The second-order valence-electron chi connectivity index (χ2n) is 10.5. The van der Waals surface area contributed by atoms with Crippen LogP contribution in [0.5, 0.6) is 0 Å². The van der Waals surface area contributed by atoms with Crippen LogP contribution in [0.15, 0.2) is 23.1 Å². The standard InChI is InChI=1S/C25H37N5O5/c1-16(2)13-19-21(31)27-18-6-12-35-15-17(18)5-3-4-7-25(23(33)28-19)8-10-30(11-9-25)22(32)20-14-26-24(34)29-20/h3-4,14,16-19H,5-13,15H2,1-2H3,(H,27,31)(H,28,33)(H2,26,29,34)/b4-3+/t17-,18+,19+/m1/s1. The fourth-order valence-electron chi connectivity index (χ4n) is 5.38. The molecule has 0 bridgehead atoms. The van der Waals surface area contributed by atoms with E-state index in [-0.39, 0.29) is 41.3 Å². The van der Waals surface area contributed by atoms with Crippen molar-refractivity contribution in [2.75, 3.05) is 26.3 Å². The number of aromatic nitrogens is 2. The second-order valence-corrected chi connectivity index (χ2v) is 10.5. The third-order valence-corrected chi connectivity index (χ3v) is 7.56. The molecule has 0 saturated carbocycles. The number of carbonyl (C=O) groups is 3. The molecule has 4 rings (SSSR count). The average molecular weight is 488 g/mol. The second kappa shape index (κ2) is 10.8. The molecule has 3 aliphatic rings. The first-order chi connectivity index (χ1) is 16.8. The summed E-state index contributed by atoms with van der Waals surface area (Å²) in [6.07, 6.45) is 9.17. The molecule has 3 atom stereocenters. The fourth-order valence-corrected chi connectivity index (χ4v) is 5.38. The molecule has 4 heterocycles. The van der Waals surface area contributed by atoms with Gasteiger partial charge in [0.15, 0.2) is 0 Å². The largest absolute Gasteiger partial charge is 0.381 e. The van der Waals surface area contributed by atoms with Crippen molar-refractivity contribution >= 4 is 17.7 Å². The number of likely N-dealkylation sites (tertiary alicyclic amines) is 1. The van der Waals surface area contributed by atoms with Crippen molar-refractivity contribution in [1.82, 2.24) is 25.5 Å². The summed E-state index contributed by atoms with van der Waals surface area (Å²) in [4.78, 5) is 57.7. The van der Waals surface area contributed by atoms with Gasteiger partial charge in [-0.3, -0.25) is 14.4 Å². The van der Waals surface area contributed by atoms with Gasteiger partial charge < -0.3 is 30.2 Å². The first kappa shape index (κ1) is 25.2. The number of nitrogens with zero attached hydrogens (tertiary/aromatic N) is 1. The Morgan fingerprint density at radius 3 is 2.63 bits per heavy atom. The summed E-state index contributed by atoms with van der Waals surface area (Å²) in [5.41, 5.74) is -0.909. The predicted molar refractivity (Wildman–Crippen MR) is 130 cm³/mol. The molecule has 3 amide bonds. The summed E-state index contributed by atoms with van der Waals surface area (Å²) < 4.78 is 5.67. The van der Waals surface area contributed by atoms with Crippen molar-refractivity contribution in [3.8, 4) is 0 Å². The number of hydrogen-bond donors (Lipinski definition) is 4. The highest BCUT2D eigenvalue weighted by atomic mass is 16.5. The monoisotopic (exact) mass is 487 g/mol. The molecular weight excluding hydrogens is 450 g/mol. The number of hydrogen-bond acceptors (Lipinski definition) is 5. The molecule has 10 heteroatoms. The Morgan fingerprint density at radius 2 is 1.94 bits per heavy atom. The number of fused-ring (bicyclic) bond motifs is 1. The maximum atomic E-state index is 13.7. The van der Waals surface area contributed by atoms with Gasteiger partial charge >= 0.3 is 5.69 Å². The molecule has 192 valence electrons. The first-order valence-electron chi connectivity index (χ1n) is 12.7. The van der Waals surface area contributed by atoms with Crippen molar-refractivity contribution in [3.05, 3.63) is 34.5 Å². The maximum absolute atomic E-state index is 13.7. The summed E-state index contributed by atoms with van der Waals surface area (Å²) in [6.45, 7) is 6.11. The van der Waals surface area contributed by atoms with Crippen LogP contribution >= 0.6 is 0 Å². The van der Waals surface area contributed by atoms with Crippen molar-refractivity contribution in [2.45, 2.75) is 64.5 Å². The number of allylic oxidation sites excluding steroid dienone is 2. The van der Waals surface area contributed by atoms with Gasteiger partial charge in [0.25, 0.3) is 5.91 Å². The van der Waals surface area contributed by atoms with Crippen LogP contribution in [0, 0.1) is 17.3 Å². The Labute approximate surface area is 205 Å². The van der Waals surface area contributed by atoms with Crippen LogP contribution in [0.3, 0.4) is 0 Å². The zero-order chi connectivity index (χ0) is 25.0. The molecule has 1 aromatic rings. The smallest absolute Gasteiger partial charge is 0.323 e. The van der Waals surface area contributed by atoms with E-state index in [2.05, 4.69) is 32.8 Å². The molecule has 4 N–H and O–H groups in total. The normalized spacial score (nSPS) is 28.4. The van der Waals surface area contributed by atoms with E-state index in [1.165, 1.54) is 6.20 Å². The molecule has 1 aromatic heterocycles. The Morgan fingerprint density at radius 1 is 1.17 bits per heavy atom. The van der Waals surface area contributed by atoms with Gasteiger partial charge in [0.05, 0.1) is 12.0 Å². The van der Waals surface area contributed by atoms with Gasteiger partial charge in [0.2, 0.25) is 11.8 Å². The summed E-state index contributed by atoms with van der Waals surface area (Å²) in [6, 6.07) is -0.564. The molecular formula is C25H37N5O5. The summed E-state index contributed by atoms with van der Waals surface area (Å²) in [5, 5.41) is 6.27. The van der Waals surface area contributed by atoms with Gasteiger partial charge in [0.1, 0.15) is 11.7 Å². The molecule has 0 radical (unpaired) electrons. The molecule has 2 saturated heterocycles. The number of nitrogens with one attached hydrogen (secondary N) is 4. The molecule has 35 heavy (non-hydrogen) atoms. The van der Waals surface area contributed by atoms with Gasteiger partial charge in [-0.2, -0.15) is 0 Å². The van der Waals surface area contributed by atoms with Crippen LogP contribution in [0.2, 0.25) is 0 Å². The molecule has 0 aromatic carbocycles. The van der Waals surface area contributed by atoms with E-state index in [0.717, 1.165) is 12.8 Å². The summed E-state index contributed by atoms with van der Waals surface area (Å²) in [5.74, 6) is -0.0782. The highest BCUT2D eigenvalue weighted by Crippen LogP contribution is 2.37. The molecule has 10 nitrogen and oxygen atoms in total. The Bertz CT molecular complexity index is 1000.